The van der Waals surface area contributed by atoms with E-state index in [0.29, 0.717) is 0 Å². The maximum atomic E-state index is 11.2. The van der Waals surface area contributed by atoms with Crippen molar-refractivity contribution in [3.05, 3.63) is 97.1 Å². The van der Waals surface area contributed by atoms with Gasteiger partial charge in [-0.1, -0.05) is 0 Å². The summed E-state index contributed by atoms with van der Waals surface area (Å²) in [6.07, 6.45) is 0. The van der Waals surface area contributed by atoms with Gasteiger partial charge in [0.15, 0.2) is 0 Å². The number of phenolic OH excluding ortho intramolecular Hbond substituents is 1. The van der Waals surface area contributed by atoms with Gasteiger partial charge in [0.1, 0.15) is 0 Å². The van der Waals surface area contributed by atoms with E-state index in [1.807, 2.05) is 54.6 Å². The Bertz CT molecular complexity index is 1120. The van der Waals surface area contributed by atoms with Gasteiger partial charge in [-0.3, -0.25) is 0 Å². The van der Waals surface area contributed by atoms with Gasteiger partial charge in [-0.2, -0.15) is 0 Å². The van der Waals surface area contributed by atoms with Gasteiger partial charge in [-0.15, -0.1) is 0 Å². The summed E-state index contributed by atoms with van der Waals surface area (Å²) in [6, 6.07) is 31.6. The molecule has 0 aliphatic carbocycles. The number of halogens is 1. The van der Waals surface area contributed by atoms with Crippen molar-refractivity contribution in [3.63, 3.8) is 0 Å². The molecule has 1 N–H and O–H groups in total. The Kier molecular flexibility index (Phi) is 6.38. The molecule has 0 aliphatic rings. The molecule has 0 saturated heterocycles. The molecule has 6 heteroatoms. The first-order chi connectivity index (χ1) is 16.0. The monoisotopic (exact) mass is 524 g/mol. The van der Waals surface area contributed by atoms with Crippen LogP contribution < -0.4 is 35.4 Å². The van der Waals surface area contributed by atoms with Crippen LogP contribution in [0.3, 0.4) is 0 Å². The molecule has 0 aliphatic heterocycles. The van der Waals surface area contributed by atoms with Crippen LogP contribution in [0, 0.1) is 0 Å². The molecule has 0 bridgehead atoms. The SMILES string of the molecule is COc1ccc(P(Br)(c2ccc(OC)cc2)(c2ccc(OC)cc2)c2ccccc2O)cc1. The average molecular weight is 525 g/mol. The van der Waals surface area contributed by atoms with Crippen molar-refractivity contribution in [1.29, 1.82) is 0 Å². The van der Waals surface area contributed by atoms with Gasteiger partial charge in [0.05, 0.1) is 0 Å². The van der Waals surface area contributed by atoms with Gasteiger partial charge in [0, 0.05) is 0 Å². The standard InChI is InChI=1S/C27H26BrO4P/c1-30-20-8-14-23(15-9-20)33(28,27-7-5-4-6-26(27)29,24-16-10-21(31-2)11-17-24)25-18-12-22(32-3)13-19-25/h4-19,29H,1-3H3. The predicted octanol–water partition coefficient (Wildman–Crippen LogP) is 4.88. The predicted molar refractivity (Wildman–Crippen MR) is 141 cm³/mol. The molecule has 4 aromatic rings. The van der Waals surface area contributed by atoms with E-state index in [4.69, 9.17) is 14.2 Å². The molecule has 0 spiro atoms. The van der Waals surface area contributed by atoms with E-state index in [9.17, 15) is 5.11 Å². The summed E-state index contributed by atoms with van der Waals surface area (Å²) in [5.41, 5.74) is 0. The number of phenols is 1. The van der Waals surface area contributed by atoms with Crippen molar-refractivity contribution in [3.8, 4) is 23.0 Å². The average Bonchev–Trinajstić information content (AvgIpc) is 2.89. The first kappa shape index (κ1) is 23.2. The van der Waals surface area contributed by atoms with Crippen molar-refractivity contribution in [2.24, 2.45) is 0 Å². The van der Waals surface area contributed by atoms with Crippen LogP contribution >= 0.6 is 20.8 Å². The van der Waals surface area contributed by atoms with Crippen molar-refractivity contribution in [2.45, 2.75) is 0 Å². The van der Waals surface area contributed by atoms with Crippen molar-refractivity contribution in [1.82, 2.24) is 0 Å². The van der Waals surface area contributed by atoms with Gasteiger partial charge >= 0.3 is 203 Å². The van der Waals surface area contributed by atoms with Crippen molar-refractivity contribution in [2.75, 3.05) is 21.3 Å². The molecule has 0 aromatic heterocycles. The summed E-state index contributed by atoms with van der Waals surface area (Å²) in [4.78, 5) is 0. The topological polar surface area (TPSA) is 47.9 Å². The number of benzene rings is 4. The molecule has 0 radical (unpaired) electrons. The zero-order valence-corrected chi connectivity index (χ0v) is 21.2. The number of hydrogen-bond donors (Lipinski definition) is 1. The van der Waals surface area contributed by atoms with Crippen LogP contribution in [0.5, 0.6) is 23.0 Å². The summed E-state index contributed by atoms with van der Waals surface area (Å²) >= 11 is 4.36. The Morgan fingerprint density at radius 2 is 0.879 bits per heavy atom. The Labute approximate surface area is 202 Å². The minimum atomic E-state index is -3.58. The van der Waals surface area contributed by atoms with Crippen LogP contribution in [0.2, 0.25) is 0 Å². The van der Waals surface area contributed by atoms with E-state index in [2.05, 4.69) is 51.9 Å². The molecule has 33 heavy (non-hydrogen) atoms. The number of rotatable bonds is 7. The second-order valence-electron chi connectivity index (χ2n) is 7.59. The second-order valence-corrected chi connectivity index (χ2v) is 15.9. The second kappa shape index (κ2) is 9.09. The first-order valence-corrected chi connectivity index (χ1v) is 14.7. The normalized spacial score (nSPS) is 12.4. The van der Waals surface area contributed by atoms with E-state index in [0.717, 1.165) is 38.5 Å². The van der Waals surface area contributed by atoms with Gasteiger partial charge in [0.25, 0.3) is 0 Å². The number of aromatic hydroxyl groups is 1. The minimum absolute atomic E-state index is 0.217. The molecule has 0 unspecified atom stereocenters. The number of hydrogen-bond acceptors (Lipinski definition) is 4. The molecule has 170 valence electrons. The van der Waals surface area contributed by atoms with Crippen LogP contribution in [0.15, 0.2) is 97.1 Å². The Balaban J connectivity index is 2.18. The van der Waals surface area contributed by atoms with Crippen molar-refractivity contribution >= 4 is 42.0 Å². The molecular weight excluding hydrogens is 499 g/mol. The molecule has 0 saturated carbocycles. The van der Waals surface area contributed by atoms with Gasteiger partial charge in [0.2, 0.25) is 0 Å². The van der Waals surface area contributed by atoms with Crippen LogP contribution in [0.4, 0.5) is 0 Å². The molecule has 4 aromatic carbocycles. The van der Waals surface area contributed by atoms with Gasteiger partial charge < -0.3 is 0 Å². The van der Waals surface area contributed by atoms with E-state index in [1.165, 1.54) is 0 Å². The fraction of sp³-hybridized carbons (Fsp3) is 0.111. The molecule has 0 amide bonds. The summed E-state index contributed by atoms with van der Waals surface area (Å²) in [6.45, 7) is 0. The van der Waals surface area contributed by atoms with Gasteiger partial charge in [-0.25, -0.2) is 0 Å². The number of methoxy groups -OCH3 is 3. The third-order valence-corrected chi connectivity index (χ3v) is 15.9. The molecule has 4 rings (SSSR count). The summed E-state index contributed by atoms with van der Waals surface area (Å²) in [7, 11) is 4.95. The zero-order valence-electron chi connectivity index (χ0n) is 18.7. The quantitative estimate of drug-likeness (QED) is 0.350. The van der Waals surface area contributed by atoms with Crippen molar-refractivity contribution < 1.29 is 19.3 Å². The third kappa shape index (κ3) is 3.66. The van der Waals surface area contributed by atoms with E-state index in [1.54, 1.807) is 27.4 Å². The van der Waals surface area contributed by atoms with Crippen LogP contribution in [-0.4, -0.2) is 26.4 Å². The first-order valence-electron chi connectivity index (χ1n) is 10.4. The maximum absolute atomic E-state index is 11.2. The fourth-order valence-corrected chi connectivity index (χ4v) is 12.0. The Hall–Kier alpha value is -3.01. The van der Waals surface area contributed by atoms with Crippen LogP contribution in [-0.2, 0) is 0 Å². The summed E-state index contributed by atoms with van der Waals surface area (Å²) in [5.74, 6) is 2.50. The molecular formula is C27H26BrO4P. The number of ether oxygens (including phenoxy) is 3. The van der Waals surface area contributed by atoms with Gasteiger partial charge in [-0.05, 0) is 0 Å². The number of para-hydroxylation sites is 1. The summed E-state index contributed by atoms with van der Waals surface area (Å²) < 4.78 is 16.3. The molecule has 4 nitrogen and oxygen atoms in total. The molecule has 0 atom stereocenters. The Morgan fingerprint density at radius 3 is 1.18 bits per heavy atom. The molecule has 0 heterocycles. The Morgan fingerprint density at radius 1 is 0.545 bits per heavy atom. The van der Waals surface area contributed by atoms with Crippen LogP contribution in [0.1, 0.15) is 0 Å². The van der Waals surface area contributed by atoms with E-state index < -0.39 is 5.31 Å². The zero-order chi connectivity index (χ0) is 23.5. The fourth-order valence-electron chi connectivity index (χ4n) is 4.27. The third-order valence-electron chi connectivity index (χ3n) is 6.01. The van der Waals surface area contributed by atoms with E-state index >= 15 is 0 Å². The summed E-state index contributed by atoms with van der Waals surface area (Å²) in [5, 5.41) is 11.5. The molecule has 0 fully saturated rings. The van der Waals surface area contributed by atoms with E-state index in [-0.39, 0.29) is 5.75 Å². The van der Waals surface area contributed by atoms with Crippen LogP contribution in [0.25, 0.3) is 0 Å².